The number of hydrogen-bond donors (Lipinski definition) is 1. The minimum absolute atomic E-state index is 0.0114. The zero-order valence-corrected chi connectivity index (χ0v) is 13.5. The van der Waals surface area contributed by atoms with Crippen molar-refractivity contribution in [2.45, 2.75) is 23.2 Å². The fourth-order valence-corrected chi connectivity index (χ4v) is 3.07. The molecule has 1 aliphatic carbocycles. The monoisotopic (exact) mass is 324 g/mol. The Kier molecular flexibility index (Phi) is 4.26. The van der Waals surface area contributed by atoms with Gasteiger partial charge in [0.1, 0.15) is 11.2 Å². The number of carbonyl (C=O) groups excluding carboxylic acids is 1. The van der Waals surface area contributed by atoms with Gasteiger partial charge in [0.25, 0.3) is 0 Å². The Labute approximate surface area is 139 Å². The van der Waals surface area contributed by atoms with Gasteiger partial charge in [-0.2, -0.15) is 5.26 Å². The number of hydrogen-bond acceptors (Lipinski definition) is 4. The van der Waals surface area contributed by atoms with Crippen molar-refractivity contribution < 1.29 is 9.53 Å². The van der Waals surface area contributed by atoms with Crippen molar-refractivity contribution in [3.63, 3.8) is 0 Å². The summed E-state index contributed by atoms with van der Waals surface area (Å²) in [5, 5.41) is 13.7. The first-order valence-corrected chi connectivity index (χ1v) is 8.12. The molecule has 0 unspecified atom stereocenters. The molecule has 0 saturated heterocycles. The van der Waals surface area contributed by atoms with E-state index in [4.69, 9.17) is 10.00 Å². The van der Waals surface area contributed by atoms with Crippen LogP contribution in [0.3, 0.4) is 0 Å². The lowest BCUT2D eigenvalue weighted by Gasteiger charge is -2.18. The lowest BCUT2D eigenvalue weighted by molar-refractivity contribution is -0.118. The molecule has 0 heterocycles. The number of carbonyl (C=O) groups is 1. The average molecular weight is 324 g/mol. The number of thioether (sulfide) groups is 1. The van der Waals surface area contributed by atoms with Gasteiger partial charge in [-0.15, -0.1) is 0 Å². The Morgan fingerprint density at radius 2 is 1.91 bits per heavy atom. The highest BCUT2D eigenvalue weighted by Crippen LogP contribution is 2.51. The molecule has 1 N–H and O–H groups in total. The molecule has 2 aromatic rings. The first-order chi connectivity index (χ1) is 11.2. The van der Waals surface area contributed by atoms with Gasteiger partial charge in [0.15, 0.2) is 0 Å². The fraction of sp³-hybridized carbons (Fsp3) is 0.222. The third-order valence-electron chi connectivity index (χ3n) is 4.08. The summed E-state index contributed by atoms with van der Waals surface area (Å²) in [6, 6.07) is 15.0. The summed E-state index contributed by atoms with van der Waals surface area (Å²) in [6.45, 7) is 0. The average Bonchev–Trinajstić information content (AvgIpc) is 3.39. The molecule has 0 spiro atoms. The number of ether oxygens (including phenoxy) is 1. The number of anilines is 1. The first-order valence-electron chi connectivity index (χ1n) is 7.30. The molecule has 0 atom stereocenters. The molecule has 1 fully saturated rings. The number of methoxy groups -OCH3 is 1. The predicted octanol–water partition coefficient (Wildman–Crippen LogP) is 3.94. The Bertz CT molecular complexity index is 761. The van der Waals surface area contributed by atoms with Crippen molar-refractivity contribution in [3.05, 3.63) is 54.1 Å². The Morgan fingerprint density at radius 3 is 2.52 bits per heavy atom. The lowest BCUT2D eigenvalue weighted by Crippen LogP contribution is -2.28. The van der Waals surface area contributed by atoms with E-state index in [0.29, 0.717) is 0 Å². The van der Waals surface area contributed by atoms with Crippen molar-refractivity contribution in [1.29, 1.82) is 5.26 Å². The largest absolute Gasteiger partial charge is 0.496 e. The van der Waals surface area contributed by atoms with Crippen molar-refractivity contribution in [2.24, 2.45) is 0 Å². The van der Waals surface area contributed by atoms with E-state index in [1.165, 1.54) is 0 Å². The van der Waals surface area contributed by atoms with Crippen molar-refractivity contribution in [1.82, 2.24) is 0 Å². The van der Waals surface area contributed by atoms with Gasteiger partial charge in [-0.25, -0.2) is 0 Å². The summed E-state index contributed by atoms with van der Waals surface area (Å²) < 4.78 is 5.40. The number of rotatable bonds is 5. The van der Waals surface area contributed by atoms with E-state index < -0.39 is 5.41 Å². The number of nitrogens with zero attached hydrogens (tertiary/aromatic N) is 1. The summed E-state index contributed by atoms with van der Waals surface area (Å²) in [5.41, 5.74) is 1.18. The molecule has 1 aliphatic rings. The topological polar surface area (TPSA) is 62.1 Å². The summed E-state index contributed by atoms with van der Waals surface area (Å²) in [5.74, 6) is 0.739. The molecule has 4 nitrogen and oxygen atoms in total. The molecule has 0 bridgehead atoms. The van der Waals surface area contributed by atoms with Crippen LogP contribution in [0.15, 0.2) is 53.4 Å². The number of nitrogens with one attached hydrogen (secondary N) is 1. The van der Waals surface area contributed by atoms with Gasteiger partial charge in [0.05, 0.1) is 12.5 Å². The number of nitriles is 1. The molecule has 5 heteroatoms. The SMILES string of the molecule is COc1ccccc1C1(C(=O)Nc2ccc(SC#N)cc2)CC1. The zero-order valence-electron chi connectivity index (χ0n) is 12.7. The normalized spacial score (nSPS) is 14.6. The quantitative estimate of drug-likeness (QED) is 0.668. The van der Waals surface area contributed by atoms with E-state index in [0.717, 1.165) is 46.5 Å². The maximum atomic E-state index is 12.8. The van der Waals surface area contributed by atoms with Crippen LogP contribution in [0.1, 0.15) is 18.4 Å². The summed E-state index contributed by atoms with van der Waals surface area (Å²) in [6.07, 6.45) is 1.64. The van der Waals surface area contributed by atoms with Gasteiger partial charge < -0.3 is 10.1 Å². The van der Waals surface area contributed by atoms with Crippen molar-refractivity contribution >= 4 is 23.4 Å². The van der Waals surface area contributed by atoms with Crippen molar-refractivity contribution in [2.75, 3.05) is 12.4 Å². The Hall–Kier alpha value is -2.45. The third kappa shape index (κ3) is 3.03. The van der Waals surface area contributed by atoms with E-state index in [9.17, 15) is 4.79 Å². The van der Waals surface area contributed by atoms with Crippen LogP contribution in [0.2, 0.25) is 0 Å². The number of para-hydroxylation sites is 1. The molecule has 0 aromatic heterocycles. The van der Waals surface area contributed by atoms with Crippen LogP contribution in [0.4, 0.5) is 5.69 Å². The van der Waals surface area contributed by atoms with Gasteiger partial charge in [0.2, 0.25) is 5.91 Å². The van der Waals surface area contributed by atoms with Gasteiger partial charge in [-0.05, 0) is 54.9 Å². The summed E-state index contributed by atoms with van der Waals surface area (Å²) >= 11 is 1.10. The molecular weight excluding hydrogens is 308 g/mol. The second kappa shape index (κ2) is 6.35. The molecule has 1 amide bonds. The Morgan fingerprint density at radius 1 is 1.22 bits per heavy atom. The standard InChI is InChI=1S/C18H16N2O2S/c1-22-16-5-3-2-4-15(16)18(10-11-18)17(21)20-13-6-8-14(9-7-13)23-12-19/h2-9H,10-11H2,1H3,(H,20,21). The van der Waals surface area contributed by atoms with E-state index in [2.05, 4.69) is 5.32 Å². The highest BCUT2D eigenvalue weighted by atomic mass is 32.2. The second-order valence-electron chi connectivity index (χ2n) is 5.45. The fourth-order valence-electron chi connectivity index (χ4n) is 2.69. The highest BCUT2D eigenvalue weighted by Gasteiger charge is 2.52. The van der Waals surface area contributed by atoms with E-state index in [-0.39, 0.29) is 5.91 Å². The molecule has 116 valence electrons. The minimum atomic E-state index is -0.493. The van der Waals surface area contributed by atoms with Gasteiger partial charge in [-0.3, -0.25) is 4.79 Å². The number of amides is 1. The third-order valence-corrected chi connectivity index (χ3v) is 4.68. The van der Waals surface area contributed by atoms with Crippen LogP contribution < -0.4 is 10.1 Å². The van der Waals surface area contributed by atoms with Crippen LogP contribution in [0.5, 0.6) is 5.75 Å². The second-order valence-corrected chi connectivity index (χ2v) is 6.31. The van der Waals surface area contributed by atoms with Gasteiger partial charge >= 0.3 is 0 Å². The maximum absolute atomic E-state index is 12.8. The van der Waals surface area contributed by atoms with Gasteiger partial charge in [-0.1, -0.05) is 18.2 Å². The highest BCUT2D eigenvalue weighted by molar-refractivity contribution is 8.03. The van der Waals surface area contributed by atoms with Crippen LogP contribution >= 0.6 is 11.8 Å². The smallest absolute Gasteiger partial charge is 0.235 e. The van der Waals surface area contributed by atoms with Crippen LogP contribution in [0, 0.1) is 10.7 Å². The maximum Gasteiger partial charge on any atom is 0.235 e. The Balaban J connectivity index is 1.79. The predicted molar refractivity (Wildman–Crippen MR) is 90.4 cm³/mol. The van der Waals surface area contributed by atoms with Crippen molar-refractivity contribution in [3.8, 4) is 11.2 Å². The van der Waals surface area contributed by atoms with E-state index in [1.54, 1.807) is 7.11 Å². The molecule has 2 aromatic carbocycles. The van der Waals surface area contributed by atoms with Crippen LogP contribution in [-0.4, -0.2) is 13.0 Å². The number of benzene rings is 2. The first kappa shape index (κ1) is 15.4. The van der Waals surface area contributed by atoms with E-state index >= 15 is 0 Å². The van der Waals surface area contributed by atoms with Crippen LogP contribution in [0.25, 0.3) is 0 Å². The summed E-state index contributed by atoms with van der Waals surface area (Å²) in [4.78, 5) is 13.6. The minimum Gasteiger partial charge on any atom is -0.496 e. The van der Waals surface area contributed by atoms with Crippen LogP contribution in [-0.2, 0) is 10.2 Å². The molecule has 0 radical (unpaired) electrons. The summed E-state index contributed by atoms with van der Waals surface area (Å²) in [7, 11) is 1.62. The molecule has 1 saturated carbocycles. The molecular formula is C18H16N2O2S. The molecule has 0 aliphatic heterocycles. The molecule has 23 heavy (non-hydrogen) atoms. The van der Waals surface area contributed by atoms with E-state index in [1.807, 2.05) is 53.9 Å². The zero-order chi connectivity index (χ0) is 16.3. The molecule has 3 rings (SSSR count). The lowest BCUT2D eigenvalue weighted by atomic mass is 9.94. The van der Waals surface area contributed by atoms with Gasteiger partial charge in [0, 0.05) is 16.1 Å². The number of thiocyanates is 1.